The fourth-order valence-corrected chi connectivity index (χ4v) is 3.56. The quantitative estimate of drug-likeness (QED) is 0.667. The van der Waals surface area contributed by atoms with Crippen LogP contribution in [0.15, 0.2) is 60.9 Å². The molecule has 1 unspecified atom stereocenters. The van der Waals surface area contributed by atoms with Crippen LogP contribution in [-0.4, -0.2) is 45.0 Å². The molecule has 0 bridgehead atoms. The van der Waals surface area contributed by atoms with Crippen LogP contribution < -0.4 is 0 Å². The number of pyridine rings is 1. The molecule has 1 atom stereocenters. The number of rotatable bonds is 5. The number of aryl methyl sites for hydroxylation is 1. The standard InChI is InChI=1S/C23H24N4O2/c1-17-25-14-21(22(26-17)18-8-3-2-4-9-18)23(28)27-13-7-11-20(15-27)29-16-19-10-5-6-12-24-19/h2-6,8-10,12,14,20H,7,11,13,15-16H2,1H3. The van der Waals surface area contributed by atoms with Gasteiger partial charge in [-0.25, -0.2) is 9.97 Å². The third-order valence-electron chi connectivity index (χ3n) is 5.05. The van der Waals surface area contributed by atoms with Crippen LogP contribution in [0.1, 0.15) is 34.7 Å². The molecule has 1 aliphatic rings. The minimum absolute atomic E-state index is 0.00116. The van der Waals surface area contributed by atoms with Gasteiger partial charge in [-0.05, 0) is 31.9 Å². The van der Waals surface area contributed by atoms with Gasteiger partial charge in [-0.15, -0.1) is 0 Å². The van der Waals surface area contributed by atoms with Crippen LogP contribution in [0.4, 0.5) is 0 Å². The first kappa shape index (κ1) is 19.2. The molecule has 6 heteroatoms. The molecule has 6 nitrogen and oxygen atoms in total. The van der Waals surface area contributed by atoms with Crippen molar-refractivity contribution in [3.63, 3.8) is 0 Å². The largest absolute Gasteiger partial charge is 0.370 e. The van der Waals surface area contributed by atoms with E-state index >= 15 is 0 Å². The zero-order chi connectivity index (χ0) is 20.1. The number of hydrogen-bond donors (Lipinski definition) is 0. The summed E-state index contributed by atoms with van der Waals surface area (Å²) in [4.78, 5) is 28.3. The maximum absolute atomic E-state index is 13.3. The van der Waals surface area contributed by atoms with Crippen molar-refractivity contribution in [2.45, 2.75) is 32.5 Å². The molecule has 0 N–H and O–H groups in total. The lowest BCUT2D eigenvalue weighted by Gasteiger charge is -2.33. The number of aromatic nitrogens is 3. The van der Waals surface area contributed by atoms with E-state index in [0.29, 0.717) is 36.8 Å². The van der Waals surface area contributed by atoms with E-state index in [9.17, 15) is 4.79 Å². The van der Waals surface area contributed by atoms with Gasteiger partial charge in [0.05, 0.1) is 29.7 Å². The monoisotopic (exact) mass is 388 g/mol. The molecule has 1 amide bonds. The summed E-state index contributed by atoms with van der Waals surface area (Å²) < 4.78 is 6.03. The maximum Gasteiger partial charge on any atom is 0.257 e. The SMILES string of the molecule is Cc1ncc(C(=O)N2CCCC(OCc3ccccn3)C2)c(-c2ccccc2)n1. The van der Waals surface area contributed by atoms with Gasteiger partial charge in [0.2, 0.25) is 0 Å². The Morgan fingerprint density at radius 1 is 1.14 bits per heavy atom. The number of likely N-dealkylation sites (tertiary alicyclic amines) is 1. The van der Waals surface area contributed by atoms with E-state index in [2.05, 4.69) is 15.0 Å². The van der Waals surface area contributed by atoms with E-state index < -0.39 is 0 Å². The van der Waals surface area contributed by atoms with Gasteiger partial charge in [0.25, 0.3) is 5.91 Å². The highest BCUT2D eigenvalue weighted by Crippen LogP contribution is 2.24. The minimum atomic E-state index is -0.0463. The van der Waals surface area contributed by atoms with E-state index in [4.69, 9.17) is 4.74 Å². The van der Waals surface area contributed by atoms with Crippen molar-refractivity contribution in [3.05, 3.63) is 78.0 Å². The first-order valence-electron chi connectivity index (χ1n) is 9.90. The Labute approximate surface area is 170 Å². The number of hydrogen-bond acceptors (Lipinski definition) is 5. The average molecular weight is 388 g/mol. The molecule has 4 rings (SSSR count). The number of ether oxygens (including phenoxy) is 1. The zero-order valence-electron chi connectivity index (χ0n) is 16.5. The van der Waals surface area contributed by atoms with Crippen molar-refractivity contribution >= 4 is 5.91 Å². The lowest BCUT2D eigenvalue weighted by molar-refractivity contribution is -0.00785. The molecule has 0 aliphatic carbocycles. The maximum atomic E-state index is 13.3. The summed E-state index contributed by atoms with van der Waals surface area (Å²) >= 11 is 0. The van der Waals surface area contributed by atoms with Crippen molar-refractivity contribution in [1.29, 1.82) is 0 Å². The van der Waals surface area contributed by atoms with E-state index in [0.717, 1.165) is 24.1 Å². The van der Waals surface area contributed by atoms with E-state index in [1.54, 1.807) is 12.4 Å². The zero-order valence-corrected chi connectivity index (χ0v) is 16.5. The van der Waals surface area contributed by atoms with Gasteiger partial charge in [0.1, 0.15) is 5.82 Å². The van der Waals surface area contributed by atoms with Crippen molar-refractivity contribution in [2.75, 3.05) is 13.1 Å². The molecule has 1 saturated heterocycles. The summed E-state index contributed by atoms with van der Waals surface area (Å²) in [5.41, 5.74) is 3.03. The summed E-state index contributed by atoms with van der Waals surface area (Å²) in [6.07, 6.45) is 5.25. The van der Waals surface area contributed by atoms with Crippen LogP contribution in [0.25, 0.3) is 11.3 Å². The molecule has 0 saturated carbocycles. The van der Waals surface area contributed by atoms with Gasteiger partial charge >= 0.3 is 0 Å². The number of carbonyl (C=O) groups is 1. The molecule has 148 valence electrons. The molecular formula is C23H24N4O2. The predicted octanol–water partition coefficient (Wildman–Crippen LogP) is 3.67. The first-order valence-corrected chi connectivity index (χ1v) is 9.90. The third kappa shape index (κ3) is 4.66. The second kappa shape index (κ2) is 8.92. The summed E-state index contributed by atoms with van der Waals surface area (Å²) in [5.74, 6) is 0.602. The molecule has 0 spiro atoms. The van der Waals surface area contributed by atoms with Crippen LogP contribution >= 0.6 is 0 Å². The fraction of sp³-hybridized carbons (Fsp3) is 0.304. The Morgan fingerprint density at radius 3 is 2.76 bits per heavy atom. The number of benzene rings is 1. The van der Waals surface area contributed by atoms with Crippen molar-refractivity contribution in [2.24, 2.45) is 0 Å². The molecule has 3 heterocycles. The fourth-order valence-electron chi connectivity index (χ4n) is 3.56. The number of carbonyl (C=O) groups excluding carboxylic acids is 1. The van der Waals surface area contributed by atoms with E-state index in [1.807, 2.05) is 60.4 Å². The summed E-state index contributed by atoms with van der Waals surface area (Å²) in [5, 5.41) is 0. The Hall–Kier alpha value is -3.12. The Bertz CT molecular complexity index is 963. The Morgan fingerprint density at radius 2 is 1.97 bits per heavy atom. The molecular weight excluding hydrogens is 364 g/mol. The summed E-state index contributed by atoms with van der Waals surface area (Å²) in [6, 6.07) is 15.6. The summed E-state index contributed by atoms with van der Waals surface area (Å²) in [7, 11) is 0. The number of piperidine rings is 1. The van der Waals surface area contributed by atoms with Gasteiger partial charge in [-0.1, -0.05) is 36.4 Å². The number of amides is 1. The second-order valence-corrected chi connectivity index (χ2v) is 7.19. The van der Waals surface area contributed by atoms with Crippen LogP contribution in [0.5, 0.6) is 0 Å². The van der Waals surface area contributed by atoms with Crippen LogP contribution in [0, 0.1) is 6.92 Å². The van der Waals surface area contributed by atoms with Gasteiger partial charge in [0.15, 0.2) is 0 Å². The molecule has 3 aromatic rings. The molecule has 2 aromatic heterocycles. The Kier molecular flexibility index (Phi) is 5.91. The second-order valence-electron chi connectivity index (χ2n) is 7.19. The smallest absolute Gasteiger partial charge is 0.257 e. The highest BCUT2D eigenvalue weighted by Gasteiger charge is 2.27. The first-order chi connectivity index (χ1) is 14.2. The average Bonchev–Trinajstić information content (AvgIpc) is 2.79. The van der Waals surface area contributed by atoms with Crippen LogP contribution in [-0.2, 0) is 11.3 Å². The lowest BCUT2D eigenvalue weighted by Crippen LogP contribution is -2.43. The summed E-state index contributed by atoms with van der Waals surface area (Å²) in [6.45, 7) is 3.57. The predicted molar refractivity (Wildman–Crippen MR) is 110 cm³/mol. The lowest BCUT2D eigenvalue weighted by atomic mass is 10.0. The third-order valence-corrected chi connectivity index (χ3v) is 5.05. The molecule has 1 aliphatic heterocycles. The highest BCUT2D eigenvalue weighted by molar-refractivity contribution is 5.99. The minimum Gasteiger partial charge on any atom is -0.370 e. The Balaban J connectivity index is 1.49. The van der Waals surface area contributed by atoms with Crippen LogP contribution in [0.2, 0.25) is 0 Å². The van der Waals surface area contributed by atoms with Crippen molar-refractivity contribution in [3.8, 4) is 11.3 Å². The van der Waals surface area contributed by atoms with Gasteiger partial charge < -0.3 is 9.64 Å². The van der Waals surface area contributed by atoms with Crippen molar-refractivity contribution < 1.29 is 9.53 Å². The van der Waals surface area contributed by atoms with Gasteiger partial charge in [-0.2, -0.15) is 0 Å². The molecule has 1 aromatic carbocycles. The van der Waals surface area contributed by atoms with Crippen LogP contribution in [0.3, 0.4) is 0 Å². The highest BCUT2D eigenvalue weighted by atomic mass is 16.5. The molecule has 29 heavy (non-hydrogen) atoms. The van der Waals surface area contributed by atoms with Gasteiger partial charge in [-0.3, -0.25) is 9.78 Å². The topological polar surface area (TPSA) is 68.2 Å². The molecule has 1 fully saturated rings. The van der Waals surface area contributed by atoms with Crippen molar-refractivity contribution in [1.82, 2.24) is 19.9 Å². The molecule has 0 radical (unpaired) electrons. The van der Waals surface area contributed by atoms with Gasteiger partial charge in [0, 0.05) is 31.0 Å². The van der Waals surface area contributed by atoms with E-state index in [1.165, 1.54) is 0 Å². The normalized spacial score (nSPS) is 16.6. The van der Waals surface area contributed by atoms with E-state index in [-0.39, 0.29) is 12.0 Å². The number of nitrogens with zero attached hydrogens (tertiary/aromatic N) is 4.